The number of hydrogen-bond acceptors (Lipinski definition) is 6. The molecule has 0 aliphatic carbocycles. The summed E-state index contributed by atoms with van der Waals surface area (Å²) in [5.74, 6) is 8.38. The molecule has 0 unspecified atom stereocenters. The number of hydrazine groups is 1. The van der Waals surface area contributed by atoms with E-state index < -0.39 is 0 Å². The quantitative estimate of drug-likeness (QED) is 0.609. The molecule has 0 fully saturated rings. The summed E-state index contributed by atoms with van der Waals surface area (Å²) in [4.78, 5) is 8.29. The van der Waals surface area contributed by atoms with E-state index in [0.717, 1.165) is 23.0 Å². The van der Waals surface area contributed by atoms with Gasteiger partial charge in [0.05, 0.1) is 30.1 Å². The van der Waals surface area contributed by atoms with Crippen LogP contribution in [0.25, 0.3) is 0 Å². The summed E-state index contributed by atoms with van der Waals surface area (Å²) >= 11 is 1.73. The van der Waals surface area contributed by atoms with Gasteiger partial charge in [-0.05, 0) is 12.1 Å². The summed E-state index contributed by atoms with van der Waals surface area (Å²) in [7, 11) is 0. The van der Waals surface area contributed by atoms with Crippen molar-refractivity contribution in [2.45, 2.75) is 11.5 Å². The Morgan fingerprint density at radius 1 is 1.31 bits per heavy atom. The molecule has 2 heterocycles. The maximum atomic E-state index is 5.22. The van der Waals surface area contributed by atoms with Crippen LogP contribution < -0.4 is 11.3 Å². The molecule has 0 aliphatic rings. The van der Waals surface area contributed by atoms with Gasteiger partial charge in [0.15, 0.2) is 5.82 Å². The van der Waals surface area contributed by atoms with Gasteiger partial charge < -0.3 is 9.84 Å². The summed E-state index contributed by atoms with van der Waals surface area (Å²) in [6.45, 7) is 0. The van der Waals surface area contributed by atoms with Gasteiger partial charge in [-0.15, -0.1) is 11.8 Å². The number of nitrogens with zero attached hydrogens (tertiary/aromatic N) is 2. The molecule has 5 nitrogen and oxygen atoms in total. The molecular formula is C10H12N4OS. The van der Waals surface area contributed by atoms with E-state index in [1.54, 1.807) is 30.4 Å². The molecule has 0 saturated heterocycles. The van der Waals surface area contributed by atoms with Gasteiger partial charge in [0, 0.05) is 5.75 Å². The van der Waals surface area contributed by atoms with Crippen LogP contribution in [-0.4, -0.2) is 9.97 Å². The molecule has 3 N–H and O–H groups in total. The topological polar surface area (TPSA) is 77.0 Å². The second-order valence-corrected chi connectivity index (χ2v) is 4.10. The molecule has 0 radical (unpaired) electrons. The Bertz CT molecular complexity index is 415. The molecule has 0 bridgehead atoms. The molecule has 0 amide bonds. The van der Waals surface area contributed by atoms with E-state index in [1.165, 1.54) is 0 Å². The van der Waals surface area contributed by atoms with E-state index >= 15 is 0 Å². The number of furan rings is 1. The SMILES string of the molecule is NNc1cnc(CSCc2ccco2)cn1. The molecule has 0 saturated carbocycles. The number of nitrogens with one attached hydrogen (secondary N) is 1. The Balaban J connectivity index is 1.81. The first-order chi connectivity index (χ1) is 7.88. The first-order valence-corrected chi connectivity index (χ1v) is 5.91. The molecule has 0 aliphatic heterocycles. The van der Waals surface area contributed by atoms with E-state index in [0.29, 0.717) is 5.82 Å². The van der Waals surface area contributed by atoms with Crippen LogP contribution in [0.5, 0.6) is 0 Å². The van der Waals surface area contributed by atoms with Crippen molar-refractivity contribution in [1.29, 1.82) is 0 Å². The minimum absolute atomic E-state index is 0.569. The smallest absolute Gasteiger partial charge is 0.158 e. The molecule has 0 atom stereocenters. The minimum atomic E-state index is 0.569. The largest absolute Gasteiger partial charge is 0.468 e. The maximum Gasteiger partial charge on any atom is 0.158 e. The first-order valence-electron chi connectivity index (χ1n) is 4.76. The van der Waals surface area contributed by atoms with Crippen molar-refractivity contribution in [1.82, 2.24) is 9.97 Å². The van der Waals surface area contributed by atoms with Gasteiger partial charge in [-0.3, -0.25) is 4.98 Å². The van der Waals surface area contributed by atoms with Crippen LogP contribution in [0.3, 0.4) is 0 Å². The van der Waals surface area contributed by atoms with Crippen molar-refractivity contribution < 1.29 is 4.42 Å². The number of aromatic nitrogens is 2. The predicted octanol–water partition coefficient (Wildman–Crippen LogP) is 1.79. The van der Waals surface area contributed by atoms with Crippen LogP contribution in [-0.2, 0) is 11.5 Å². The third kappa shape index (κ3) is 2.98. The van der Waals surface area contributed by atoms with Crippen LogP contribution in [0.4, 0.5) is 5.82 Å². The summed E-state index contributed by atoms with van der Waals surface area (Å²) in [5, 5.41) is 0. The molecule has 2 rings (SSSR count). The number of nitrogens with two attached hydrogens (primary N) is 1. The van der Waals surface area contributed by atoms with Crippen LogP contribution in [0.2, 0.25) is 0 Å². The van der Waals surface area contributed by atoms with Crippen LogP contribution >= 0.6 is 11.8 Å². The first kappa shape index (κ1) is 11.0. The summed E-state index contributed by atoms with van der Waals surface area (Å²) in [6, 6.07) is 3.84. The fourth-order valence-corrected chi connectivity index (χ4v) is 1.98. The second-order valence-electron chi connectivity index (χ2n) is 3.11. The van der Waals surface area contributed by atoms with E-state index in [-0.39, 0.29) is 0 Å². The monoisotopic (exact) mass is 236 g/mol. The molecule has 0 aromatic carbocycles. The van der Waals surface area contributed by atoms with Crippen molar-refractivity contribution in [2.75, 3.05) is 5.43 Å². The van der Waals surface area contributed by atoms with Crippen molar-refractivity contribution >= 4 is 17.6 Å². The van der Waals surface area contributed by atoms with E-state index in [1.807, 2.05) is 12.1 Å². The molecule has 16 heavy (non-hydrogen) atoms. The zero-order chi connectivity index (χ0) is 11.2. The Hall–Kier alpha value is -1.53. The van der Waals surface area contributed by atoms with Gasteiger partial charge in [-0.25, -0.2) is 10.8 Å². The highest BCUT2D eigenvalue weighted by molar-refractivity contribution is 7.97. The average molecular weight is 236 g/mol. The lowest BCUT2D eigenvalue weighted by Gasteiger charge is -2.01. The van der Waals surface area contributed by atoms with E-state index in [2.05, 4.69) is 15.4 Å². The van der Waals surface area contributed by atoms with E-state index in [9.17, 15) is 0 Å². The highest BCUT2D eigenvalue weighted by Gasteiger charge is 1.99. The van der Waals surface area contributed by atoms with Crippen LogP contribution in [0.15, 0.2) is 35.2 Å². The second kappa shape index (κ2) is 5.53. The zero-order valence-corrected chi connectivity index (χ0v) is 9.41. The molecular weight excluding hydrogens is 224 g/mol. The summed E-state index contributed by atoms with van der Waals surface area (Å²) < 4.78 is 5.22. The van der Waals surface area contributed by atoms with Crippen molar-refractivity contribution in [3.63, 3.8) is 0 Å². The van der Waals surface area contributed by atoms with Gasteiger partial charge in [-0.2, -0.15) is 0 Å². The minimum Gasteiger partial charge on any atom is -0.468 e. The van der Waals surface area contributed by atoms with Crippen molar-refractivity contribution in [2.24, 2.45) is 5.84 Å². The molecule has 2 aromatic rings. The number of rotatable bonds is 5. The number of anilines is 1. The van der Waals surface area contributed by atoms with Crippen LogP contribution in [0, 0.1) is 0 Å². The van der Waals surface area contributed by atoms with Gasteiger partial charge in [0.2, 0.25) is 0 Å². The van der Waals surface area contributed by atoms with Crippen molar-refractivity contribution in [3.8, 4) is 0 Å². The van der Waals surface area contributed by atoms with Crippen LogP contribution in [0.1, 0.15) is 11.5 Å². The van der Waals surface area contributed by atoms with Gasteiger partial charge >= 0.3 is 0 Å². The third-order valence-corrected chi connectivity index (χ3v) is 2.92. The average Bonchev–Trinajstić information content (AvgIpc) is 2.83. The predicted molar refractivity (Wildman–Crippen MR) is 63.5 cm³/mol. The Morgan fingerprint density at radius 3 is 2.88 bits per heavy atom. The lowest BCUT2D eigenvalue weighted by atomic mass is 10.5. The van der Waals surface area contributed by atoms with Crippen molar-refractivity contribution in [3.05, 3.63) is 42.2 Å². The maximum absolute atomic E-state index is 5.22. The molecule has 2 aromatic heterocycles. The van der Waals surface area contributed by atoms with Gasteiger partial charge in [0.1, 0.15) is 5.76 Å². The normalized spacial score (nSPS) is 10.3. The fourth-order valence-electron chi connectivity index (χ4n) is 1.15. The molecule has 0 spiro atoms. The molecule has 6 heteroatoms. The fraction of sp³-hybridized carbons (Fsp3) is 0.200. The highest BCUT2D eigenvalue weighted by atomic mass is 32.2. The third-order valence-electron chi connectivity index (χ3n) is 1.93. The lowest BCUT2D eigenvalue weighted by Crippen LogP contribution is -2.08. The Labute approximate surface area is 97.4 Å². The summed E-state index contributed by atoms with van der Waals surface area (Å²) in [6.07, 6.45) is 5.00. The number of thioether (sulfide) groups is 1. The highest BCUT2D eigenvalue weighted by Crippen LogP contribution is 2.16. The van der Waals surface area contributed by atoms with E-state index in [4.69, 9.17) is 10.3 Å². The summed E-state index contributed by atoms with van der Waals surface area (Å²) in [5.41, 5.74) is 3.36. The standard InChI is InChI=1S/C10H12N4OS/c11-14-10-5-12-8(4-13-10)6-16-7-9-2-1-3-15-9/h1-5H,6-7,11H2,(H,13,14). The Morgan fingerprint density at radius 2 is 2.25 bits per heavy atom. The van der Waals surface area contributed by atoms with Gasteiger partial charge in [0.25, 0.3) is 0 Å². The zero-order valence-electron chi connectivity index (χ0n) is 8.59. The lowest BCUT2D eigenvalue weighted by molar-refractivity contribution is 0.530. The Kier molecular flexibility index (Phi) is 3.79. The number of nitrogen functional groups attached to an aromatic ring is 1. The van der Waals surface area contributed by atoms with Gasteiger partial charge in [-0.1, -0.05) is 0 Å². The molecule has 84 valence electrons. The number of hydrogen-bond donors (Lipinski definition) is 2.